The number of hydrogen-bond acceptors (Lipinski definition) is 2. The lowest BCUT2D eigenvalue weighted by atomic mass is 10.1. The van der Waals surface area contributed by atoms with Gasteiger partial charge >= 0.3 is 0 Å². The van der Waals surface area contributed by atoms with Crippen molar-refractivity contribution in [2.45, 2.75) is 12.8 Å². The fourth-order valence-electron chi connectivity index (χ4n) is 1.77. The van der Waals surface area contributed by atoms with Gasteiger partial charge in [-0.25, -0.2) is 0 Å². The lowest BCUT2D eigenvalue weighted by Crippen LogP contribution is -2.23. The van der Waals surface area contributed by atoms with E-state index in [1.54, 1.807) is 0 Å². The van der Waals surface area contributed by atoms with E-state index >= 15 is 0 Å². The van der Waals surface area contributed by atoms with Crippen molar-refractivity contribution in [2.24, 2.45) is 0 Å². The number of allylic oxidation sites excluding steroid dienone is 5. The molecule has 0 saturated carbocycles. The number of anilines is 1. The Hall–Kier alpha value is -2.29. The van der Waals surface area contributed by atoms with Crippen LogP contribution >= 0.6 is 0 Å². The minimum atomic E-state index is -0.0293. The fourth-order valence-corrected chi connectivity index (χ4v) is 1.77. The molecular formula is C15H16N2O. The first-order valence-electron chi connectivity index (χ1n) is 5.92. The number of amides is 1. The van der Waals surface area contributed by atoms with Gasteiger partial charge in [0.15, 0.2) is 0 Å². The second-order valence-corrected chi connectivity index (χ2v) is 4.15. The number of nitrogens with two attached hydrogens (primary N) is 1. The molecular weight excluding hydrogens is 224 g/mol. The van der Waals surface area contributed by atoms with Crippen molar-refractivity contribution < 1.29 is 4.79 Å². The Labute approximate surface area is 107 Å². The second-order valence-electron chi connectivity index (χ2n) is 4.15. The molecule has 0 radical (unpaired) electrons. The summed E-state index contributed by atoms with van der Waals surface area (Å²) in [6.45, 7) is 0. The van der Waals surface area contributed by atoms with Crippen molar-refractivity contribution in [2.75, 3.05) is 5.73 Å². The highest BCUT2D eigenvalue weighted by atomic mass is 16.1. The average molecular weight is 240 g/mol. The van der Waals surface area contributed by atoms with E-state index < -0.39 is 0 Å². The monoisotopic (exact) mass is 240 g/mol. The molecule has 18 heavy (non-hydrogen) atoms. The second kappa shape index (κ2) is 5.87. The first-order chi connectivity index (χ1) is 8.74. The molecule has 3 heteroatoms. The number of nitrogen functional groups attached to an aromatic ring is 1. The number of nitrogens with one attached hydrogen (secondary N) is 1. The number of rotatable bonds is 3. The molecule has 0 aromatic heterocycles. The van der Waals surface area contributed by atoms with Gasteiger partial charge in [-0.2, -0.15) is 0 Å². The molecule has 0 heterocycles. The number of benzene rings is 1. The summed E-state index contributed by atoms with van der Waals surface area (Å²) in [7, 11) is 0. The first-order valence-corrected chi connectivity index (χ1v) is 5.92. The van der Waals surface area contributed by atoms with Crippen LogP contribution in [0.4, 0.5) is 5.69 Å². The molecule has 1 aliphatic carbocycles. The van der Waals surface area contributed by atoms with Crippen molar-refractivity contribution in [3.8, 4) is 0 Å². The molecule has 3 nitrogen and oxygen atoms in total. The lowest BCUT2D eigenvalue weighted by molar-refractivity contribution is -0.119. The van der Waals surface area contributed by atoms with Gasteiger partial charge in [0.05, 0.1) is 6.42 Å². The zero-order chi connectivity index (χ0) is 12.8. The van der Waals surface area contributed by atoms with Crippen LogP contribution in [0.5, 0.6) is 0 Å². The lowest BCUT2D eigenvalue weighted by Gasteiger charge is -2.06. The summed E-state index contributed by atoms with van der Waals surface area (Å²) in [5.74, 6) is -0.0293. The van der Waals surface area contributed by atoms with Crippen LogP contribution in [0.1, 0.15) is 12.0 Å². The summed E-state index contributed by atoms with van der Waals surface area (Å²) in [5.41, 5.74) is 8.12. The Morgan fingerprint density at radius 3 is 3.06 bits per heavy atom. The van der Waals surface area contributed by atoms with Gasteiger partial charge in [0.1, 0.15) is 0 Å². The van der Waals surface area contributed by atoms with E-state index in [1.165, 1.54) is 0 Å². The van der Waals surface area contributed by atoms with Crippen LogP contribution in [0.3, 0.4) is 0 Å². The molecule has 3 N–H and O–H groups in total. The zero-order valence-corrected chi connectivity index (χ0v) is 10.1. The largest absolute Gasteiger partial charge is 0.399 e. The van der Waals surface area contributed by atoms with E-state index in [4.69, 9.17) is 5.73 Å². The van der Waals surface area contributed by atoms with Gasteiger partial charge in [-0.05, 0) is 30.2 Å². The Bertz CT molecular complexity index is 527. The maximum Gasteiger partial charge on any atom is 0.228 e. The van der Waals surface area contributed by atoms with Gasteiger partial charge < -0.3 is 11.1 Å². The van der Waals surface area contributed by atoms with Crippen molar-refractivity contribution >= 4 is 11.6 Å². The van der Waals surface area contributed by atoms with E-state index in [0.717, 1.165) is 17.7 Å². The fraction of sp³-hybridized carbons (Fsp3) is 0.133. The van der Waals surface area contributed by atoms with Gasteiger partial charge in [0.25, 0.3) is 0 Å². The van der Waals surface area contributed by atoms with Crippen molar-refractivity contribution in [1.82, 2.24) is 5.32 Å². The van der Waals surface area contributed by atoms with Gasteiger partial charge in [-0.15, -0.1) is 0 Å². The molecule has 1 aromatic rings. The van der Waals surface area contributed by atoms with Crippen LogP contribution in [0.25, 0.3) is 0 Å². The third kappa shape index (κ3) is 3.63. The summed E-state index contributed by atoms with van der Waals surface area (Å²) in [5, 5.41) is 2.88. The standard InChI is InChI=1S/C15H16N2O/c16-13-7-5-6-12(10-13)11-15(18)17-14-8-3-1-2-4-9-14/h1-3,5-10H,4,11,16H2,(H,17,18). The quantitative estimate of drug-likeness (QED) is 0.797. The molecule has 1 aliphatic rings. The average Bonchev–Trinajstić information content (AvgIpc) is 2.57. The number of carbonyl (C=O) groups is 1. The Kier molecular flexibility index (Phi) is 3.97. The summed E-state index contributed by atoms with van der Waals surface area (Å²) in [6.07, 6.45) is 11.0. The van der Waals surface area contributed by atoms with Gasteiger partial charge in [0.2, 0.25) is 5.91 Å². The molecule has 1 aromatic carbocycles. The zero-order valence-electron chi connectivity index (χ0n) is 10.1. The minimum Gasteiger partial charge on any atom is -0.399 e. The van der Waals surface area contributed by atoms with Crippen molar-refractivity contribution in [3.05, 3.63) is 65.9 Å². The molecule has 0 fully saturated rings. The van der Waals surface area contributed by atoms with E-state index in [1.807, 2.05) is 54.6 Å². The molecule has 0 atom stereocenters. The Morgan fingerprint density at radius 1 is 1.33 bits per heavy atom. The third-order valence-electron chi connectivity index (χ3n) is 2.60. The van der Waals surface area contributed by atoms with Crippen molar-refractivity contribution in [1.29, 1.82) is 0 Å². The SMILES string of the molecule is Nc1cccc(CC(=O)NC2=CCC=CC=C2)c1. The van der Waals surface area contributed by atoms with Crippen LogP contribution in [-0.4, -0.2) is 5.91 Å². The number of carbonyl (C=O) groups excluding carboxylic acids is 1. The first kappa shape index (κ1) is 12.2. The molecule has 0 saturated heterocycles. The molecule has 0 aliphatic heterocycles. The van der Waals surface area contributed by atoms with Crippen LogP contribution in [0.2, 0.25) is 0 Å². The molecule has 0 spiro atoms. The normalized spacial score (nSPS) is 13.9. The van der Waals surface area contributed by atoms with Gasteiger partial charge in [-0.3, -0.25) is 4.79 Å². The predicted octanol–water partition coefficient (Wildman–Crippen LogP) is 2.33. The van der Waals surface area contributed by atoms with E-state index in [0.29, 0.717) is 12.1 Å². The highest BCUT2D eigenvalue weighted by Gasteiger charge is 2.05. The van der Waals surface area contributed by atoms with E-state index in [9.17, 15) is 4.79 Å². The summed E-state index contributed by atoms with van der Waals surface area (Å²) < 4.78 is 0. The summed E-state index contributed by atoms with van der Waals surface area (Å²) >= 11 is 0. The van der Waals surface area contributed by atoms with E-state index in [2.05, 4.69) is 5.32 Å². The van der Waals surface area contributed by atoms with Crippen LogP contribution in [0.15, 0.2) is 60.3 Å². The third-order valence-corrected chi connectivity index (χ3v) is 2.60. The predicted molar refractivity (Wildman–Crippen MR) is 73.7 cm³/mol. The van der Waals surface area contributed by atoms with E-state index in [-0.39, 0.29) is 5.91 Å². The maximum absolute atomic E-state index is 11.9. The van der Waals surface area contributed by atoms with Gasteiger partial charge in [0, 0.05) is 11.4 Å². The molecule has 0 bridgehead atoms. The maximum atomic E-state index is 11.9. The van der Waals surface area contributed by atoms with Gasteiger partial charge in [-0.1, -0.05) is 36.4 Å². The smallest absolute Gasteiger partial charge is 0.228 e. The van der Waals surface area contributed by atoms with Crippen LogP contribution in [0, 0.1) is 0 Å². The summed E-state index contributed by atoms with van der Waals surface area (Å²) in [4.78, 5) is 11.9. The Balaban J connectivity index is 1.95. The highest BCUT2D eigenvalue weighted by molar-refractivity contribution is 5.81. The molecule has 0 unspecified atom stereocenters. The van der Waals surface area contributed by atoms with Crippen LogP contribution < -0.4 is 11.1 Å². The Morgan fingerprint density at radius 2 is 2.22 bits per heavy atom. The highest BCUT2D eigenvalue weighted by Crippen LogP contribution is 2.08. The minimum absolute atomic E-state index is 0.0293. The topological polar surface area (TPSA) is 55.1 Å². The van der Waals surface area contributed by atoms with Crippen LogP contribution in [-0.2, 0) is 11.2 Å². The number of hydrogen-bond donors (Lipinski definition) is 2. The molecule has 1 amide bonds. The molecule has 2 rings (SSSR count). The molecule has 92 valence electrons. The van der Waals surface area contributed by atoms with Crippen molar-refractivity contribution in [3.63, 3.8) is 0 Å². The summed E-state index contributed by atoms with van der Waals surface area (Å²) in [6, 6.07) is 7.38.